The van der Waals surface area contributed by atoms with E-state index in [0.717, 1.165) is 27.7 Å². The Bertz CT molecular complexity index is 1170. The van der Waals surface area contributed by atoms with Crippen LogP contribution in [0, 0.1) is 15.4 Å². The number of aliphatic hydroxyl groups excluding tert-OH is 1. The summed E-state index contributed by atoms with van der Waals surface area (Å²) in [6.07, 6.45) is -0.188. The highest BCUT2D eigenvalue weighted by atomic mass is 127. The van der Waals surface area contributed by atoms with Gasteiger partial charge >= 0.3 is 6.09 Å². The number of alkyl carbamates (subject to hydrolysis) is 1. The average molecular weight is 723 g/mol. The van der Waals surface area contributed by atoms with Gasteiger partial charge in [-0.05, 0) is 125 Å². The van der Waals surface area contributed by atoms with Gasteiger partial charge in [0.1, 0.15) is 5.60 Å². The van der Waals surface area contributed by atoms with Crippen molar-refractivity contribution in [3.8, 4) is 0 Å². The fourth-order valence-corrected chi connectivity index (χ4v) is 5.20. The van der Waals surface area contributed by atoms with Crippen LogP contribution in [0.1, 0.15) is 58.6 Å². The first kappa shape index (κ1) is 37.6. The molecule has 2 rings (SSSR count). The summed E-state index contributed by atoms with van der Waals surface area (Å²) < 4.78 is 6.54. The molecule has 0 aliphatic heterocycles. The third kappa shape index (κ3) is 14.5. The molecule has 3 amide bonds. The molecule has 0 radical (unpaired) electrons. The summed E-state index contributed by atoms with van der Waals surface area (Å²) in [5, 5.41) is 20.3. The Balaban J connectivity index is 2.26. The zero-order chi connectivity index (χ0) is 32.9. The van der Waals surface area contributed by atoms with Crippen molar-refractivity contribution >= 4 is 40.5 Å². The van der Waals surface area contributed by atoms with Gasteiger partial charge < -0.3 is 25.4 Å². The van der Waals surface area contributed by atoms with Gasteiger partial charge in [-0.1, -0.05) is 56.3 Å². The van der Waals surface area contributed by atoms with E-state index < -0.39 is 41.7 Å². The smallest absolute Gasteiger partial charge is 0.407 e. The second-order valence-corrected chi connectivity index (χ2v) is 14.2. The molecule has 0 fully saturated rings. The van der Waals surface area contributed by atoms with Gasteiger partial charge in [-0.3, -0.25) is 14.9 Å². The summed E-state index contributed by atoms with van der Waals surface area (Å²) >= 11 is 2.22. The Kier molecular flexibility index (Phi) is 15.8. The molecule has 0 heterocycles. The van der Waals surface area contributed by atoms with Crippen molar-refractivity contribution < 1.29 is 24.2 Å². The minimum Gasteiger partial charge on any atom is -0.444 e. The first-order valence-corrected chi connectivity index (χ1v) is 16.4. The zero-order valence-electron chi connectivity index (χ0n) is 27.2. The number of nitrogens with one attached hydrogen (secondary N) is 3. The number of imide groups is 1. The molecule has 244 valence electrons. The highest BCUT2D eigenvalue weighted by Gasteiger charge is 2.32. The van der Waals surface area contributed by atoms with Gasteiger partial charge in [0.2, 0.25) is 11.8 Å². The SMILES string of the molecule is CC(C)C(NCCCN(C)C)C(=O)NC(=O)[C@H](Cc1ccc(I)cc1)C[C@H](O)[C@H](Cc1ccccc1)NC(=O)OC(C)(C)C. The minimum atomic E-state index is -1.09. The molecule has 9 nitrogen and oxygen atoms in total. The van der Waals surface area contributed by atoms with Gasteiger partial charge in [-0.15, -0.1) is 0 Å². The van der Waals surface area contributed by atoms with Crippen LogP contribution in [0.3, 0.4) is 0 Å². The van der Waals surface area contributed by atoms with Crippen LogP contribution in [-0.2, 0) is 27.2 Å². The number of hydrogen-bond donors (Lipinski definition) is 4. The zero-order valence-corrected chi connectivity index (χ0v) is 29.4. The number of hydrogen-bond acceptors (Lipinski definition) is 7. The Morgan fingerprint density at radius 1 is 0.932 bits per heavy atom. The lowest BCUT2D eigenvalue weighted by Crippen LogP contribution is -2.52. The van der Waals surface area contributed by atoms with E-state index in [9.17, 15) is 19.5 Å². The van der Waals surface area contributed by atoms with Crippen LogP contribution in [0.2, 0.25) is 0 Å². The highest BCUT2D eigenvalue weighted by molar-refractivity contribution is 14.1. The van der Waals surface area contributed by atoms with E-state index >= 15 is 0 Å². The Labute approximate surface area is 277 Å². The summed E-state index contributed by atoms with van der Waals surface area (Å²) in [7, 11) is 4.00. The van der Waals surface area contributed by atoms with E-state index in [1.165, 1.54) is 0 Å². The van der Waals surface area contributed by atoms with Gasteiger partial charge in [0.05, 0.1) is 18.2 Å². The molecule has 0 aliphatic carbocycles. The number of carbonyl (C=O) groups excluding carboxylic acids is 3. The monoisotopic (exact) mass is 722 g/mol. The number of rotatable bonds is 16. The van der Waals surface area contributed by atoms with Crippen LogP contribution in [-0.4, -0.2) is 78.9 Å². The van der Waals surface area contributed by atoms with Crippen molar-refractivity contribution in [1.29, 1.82) is 0 Å². The van der Waals surface area contributed by atoms with Crippen molar-refractivity contribution in [3.05, 3.63) is 69.3 Å². The van der Waals surface area contributed by atoms with E-state index in [4.69, 9.17) is 4.74 Å². The lowest BCUT2D eigenvalue weighted by atomic mass is 9.88. The van der Waals surface area contributed by atoms with Crippen molar-refractivity contribution in [2.75, 3.05) is 27.2 Å². The Morgan fingerprint density at radius 3 is 2.11 bits per heavy atom. The minimum absolute atomic E-state index is 0.0288. The summed E-state index contributed by atoms with van der Waals surface area (Å²) in [5.41, 5.74) is 1.11. The molecular formula is C34H51IN4O5. The first-order chi connectivity index (χ1) is 20.6. The molecule has 1 unspecified atom stereocenters. The maximum Gasteiger partial charge on any atom is 0.407 e. The van der Waals surface area contributed by atoms with Crippen LogP contribution >= 0.6 is 22.6 Å². The number of carbonyl (C=O) groups is 3. The van der Waals surface area contributed by atoms with E-state index in [2.05, 4.69) is 43.4 Å². The Morgan fingerprint density at radius 2 is 1.55 bits per heavy atom. The van der Waals surface area contributed by atoms with Crippen molar-refractivity contribution in [2.45, 2.75) is 84.1 Å². The Hall–Kier alpha value is -2.54. The van der Waals surface area contributed by atoms with Crippen molar-refractivity contribution in [2.24, 2.45) is 11.8 Å². The van der Waals surface area contributed by atoms with Gasteiger partial charge in [0.25, 0.3) is 0 Å². The van der Waals surface area contributed by atoms with Gasteiger partial charge in [0.15, 0.2) is 0 Å². The normalized spacial score (nSPS) is 14.5. The number of nitrogens with zero attached hydrogens (tertiary/aromatic N) is 1. The fraction of sp³-hybridized carbons (Fsp3) is 0.559. The summed E-state index contributed by atoms with van der Waals surface area (Å²) in [6, 6.07) is 16.1. The molecule has 0 spiro atoms. The number of amides is 3. The molecular weight excluding hydrogens is 671 g/mol. The molecule has 0 aliphatic rings. The number of halogens is 1. The van der Waals surface area contributed by atoms with Crippen molar-refractivity contribution in [3.63, 3.8) is 0 Å². The maximum atomic E-state index is 13.7. The first-order valence-electron chi connectivity index (χ1n) is 15.3. The van der Waals surface area contributed by atoms with Crippen LogP contribution in [0.4, 0.5) is 4.79 Å². The molecule has 2 aromatic rings. The second-order valence-electron chi connectivity index (χ2n) is 13.0. The number of aliphatic hydroxyl groups is 1. The molecule has 4 N–H and O–H groups in total. The molecule has 0 saturated carbocycles. The maximum absolute atomic E-state index is 13.7. The third-order valence-electron chi connectivity index (χ3n) is 7.10. The van der Waals surface area contributed by atoms with Crippen LogP contribution in [0.5, 0.6) is 0 Å². The summed E-state index contributed by atoms with van der Waals surface area (Å²) in [5.74, 6) is -1.60. The van der Waals surface area contributed by atoms with E-state index in [0.29, 0.717) is 19.4 Å². The van der Waals surface area contributed by atoms with Crippen molar-refractivity contribution in [1.82, 2.24) is 20.9 Å². The molecule has 0 bridgehead atoms. The van der Waals surface area contributed by atoms with Crippen LogP contribution in [0.25, 0.3) is 0 Å². The predicted octanol–water partition coefficient (Wildman–Crippen LogP) is 4.55. The van der Waals surface area contributed by atoms with E-state index in [1.54, 1.807) is 20.8 Å². The lowest BCUT2D eigenvalue weighted by molar-refractivity contribution is -0.135. The van der Waals surface area contributed by atoms with E-state index in [-0.39, 0.29) is 18.2 Å². The van der Waals surface area contributed by atoms with E-state index in [1.807, 2.05) is 82.5 Å². The highest BCUT2D eigenvalue weighted by Crippen LogP contribution is 2.20. The molecule has 44 heavy (non-hydrogen) atoms. The average Bonchev–Trinajstić information content (AvgIpc) is 2.92. The van der Waals surface area contributed by atoms with Gasteiger partial charge in [-0.25, -0.2) is 4.79 Å². The molecule has 4 atom stereocenters. The number of benzene rings is 2. The summed E-state index contributed by atoms with van der Waals surface area (Å²) in [4.78, 5) is 41.9. The number of ether oxygens (including phenoxy) is 1. The van der Waals surface area contributed by atoms with Gasteiger partial charge in [-0.2, -0.15) is 0 Å². The predicted molar refractivity (Wildman–Crippen MR) is 183 cm³/mol. The summed E-state index contributed by atoms with van der Waals surface area (Å²) in [6.45, 7) is 10.7. The fourth-order valence-electron chi connectivity index (χ4n) is 4.84. The molecule has 0 saturated heterocycles. The van der Waals surface area contributed by atoms with Crippen LogP contribution < -0.4 is 16.0 Å². The third-order valence-corrected chi connectivity index (χ3v) is 7.82. The molecule has 2 aromatic carbocycles. The standard InChI is InChI=1S/C34H51IN4O5/c1-23(2)30(36-18-11-19-39(6)7)32(42)38-31(41)26(20-25-14-16-27(35)17-15-25)22-29(40)28(21-24-12-9-8-10-13-24)37-33(43)44-34(3,4)5/h8-10,12-17,23,26,28-30,36,40H,11,18-22H2,1-7H3,(H,37,43)(H,38,41,42)/t26-,28+,29+,30?/m1/s1. The lowest BCUT2D eigenvalue weighted by Gasteiger charge is -2.29. The largest absolute Gasteiger partial charge is 0.444 e. The second kappa shape index (κ2) is 18.4. The van der Waals surface area contributed by atoms with Crippen LogP contribution in [0.15, 0.2) is 54.6 Å². The quantitative estimate of drug-likeness (QED) is 0.148. The molecule has 10 heteroatoms. The van der Waals surface area contributed by atoms with Gasteiger partial charge in [0, 0.05) is 9.49 Å². The topological polar surface area (TPSA) is 120 Å². The molecule has 0 aromatic heterocycles.